The third-order valence-corrected chi connectivity index (χ3v) is 3.86. The second kappa shape index (κ2) is 4.43. The summed E-state index contributed by atoms with van der Waals surface area (Å²) in [6, 6.07) is 0.558. The first-order valence-electron chi connectivity index (χ1n) is 5.97. The van der Waals surface area contributed by atoms with Crippen LogP contribution in [0.25, 0.3) is 0 Å². The summed E-state index contributed by atoms with van der Waals surface area (Å²) in [5, 5.41) is 0. The third-order valence-electron chi connectivity index (χ3n) is 3.86. The Morgan fingerprint density at radius 1 is 1.29 bits per heavy atom. The Balaban J connectivity index is 1.77. The minimum absolute atomic E-state index is 0.466. The first kappa shape index (κ1) is 10.2. The van der Waals surface area contributed by atoms with Gasteiger partial charge in [0.15, 0.2) is 0 Å². The van der Waals surface area contributed by atoms with Crippen molar-refractivity contribution in [3.8, 4) is 0 Å². The summed E-state index contributed by atoms with van der Waals surface area (Å²) in [6.07, 6.45) is 8.38. The van der Waals surface area contributed by atoms with Gasteiger partial charge < -0.3 is 4.90 Å². The minimum atomic E-state index is 0.466. The fraction of sp³-hybridized carbons (Fsp3) is 0.917. The van der Waals surface area contributed by atoms with Gasteiger partial charge in [-0.1, -0.05) is 12.8 Å². The summed E-state index contributed by atoms with van der Waals surface area (Å²) in [5.41, 5.74) is 0. The zero-order valence-electron chi connectivity index (χ0n) is 9.17. The highest BCUT2D eigenvalue weighted by Gasteiger charge is 2.27. The quantitative estimate of drug-likeness (QED) is 0.688. The molecule has 14 heavy (non-hydrogen) atoms. The van der Waals surface area contributed by atoms with Gasteiger partial charge in [0.05, 0.1) is 0 Å². The molecule has 0 bridgehead atoms. The van der Waals surface area contributed by atoms with Crippen LogP contribution in [0.5, 0.6) is 0 Å². The number of Topliss-reactive ketones (excluding diaryl/α,β-unsaturated/α-hetero) is 1. The molecule has 0 amide bonds. The number of nitrogens with zero attached hydrogens (tertiary/aromatic N) is 1. The van der Waals surface area contributed by atoms with E-state index < -0.39 is 0 Å². The van der Waals surface area contributed by atoms with Crippen LogP contribution in [-0.2, 0) is 4.79 Å². The van der Waals surface area contributed by atoms with Crippen LogP contribution in [0.3, 0.4) is 0 Å². The van der Waals surface area contributed by atoms with Crippen molar-refractivity contribution in [1.82, 2.24) is 4.90 Å². The number of hydrogen-bond donors (Lipinski definition) is 0. The smallest absolute Gasteiger partial charge is 0.134 e. The molecular weight excluding hydrogens is 174 g/mol. The maximum absolute atomic E-state index is 11.2. The highest BCUT2D eigenvalue weighted by Crippen LogP contribution is 2.27. The van der Waals surface area contributed by atoms with Gasteiger partial charge in [0.1, 0.15) is 5.78 Å². The fourth-order valence-corrected chi connectivity index (χ4v) is 2.92. The molecule has 0 heterocycles. The predicted octanol–water partition coefficient (Wildman–Crippen LogP) is 2.23. The molecule has 2 rings (SSSR count). The number of ketones is 1. The van der Waals surface area contributed by atoms with Crippen LogP contribution >= 0.6 is 0 Å². The van der Waals surface area contributed by atoms with Gasteiger partial charge in [-0.05, 0) is 32.2 Å². The maximum Gasteiger partial charge on any atom is 0.134 e. The lowest BCUT2D eigenvalue weighted by Crippen LogP contribution is -2.33. The van der Waals surface area contributed by atoms with Crippen LogP contribution in [0.15, 0.2) is 0 Å². The summed E-state index contributed by atoms with van der Waals surface area (Å²) >= 11 is 0. The van der Waals surface area contributed by atoms with E-state index in [0.717, 1.165) is 25.2 Å². The molecule has 0 aromatic heterocycles. The minimum Gasteiger partial charge on any atom is -0.303 e. The summed E-state index contributed by atoms with van der Waals surface area (Å²) in [6.45, 7) is 1.22. The summed E-state index contributed by atoms with van der Waals surface area (Å²) in [4.78, 5) is 13.6. The number of carbonyl (C=O) groups is 1. The van der Waals surface area contributed by atoms with Gasteiger partial charge in [0, 0.05) is 25.4 Å². The molecule has 0 saturated heterocycles. The van der Waals surface area contributed by atoms with Crippen molar-refractivity contribution >= 4 is 5.78 Å². The van der Waals surface area contributed by atoms with Crippen LogP contribution in [0.4, 0.5) is 0 Å². The number of rotatable bonds is 3. The Morgan fingerprint density at radius 2 is 2.00 bits per heavy atom. The van der Waals surface area contributed by atoms with Gasteiger partial charge >= 0.3 is 0 Å². The highest BCUT2D eigenvalue weighted by atomic mass is 16.1. The predicted molar refractivity (Wildman–Crippen MR) is 57.2 cm³/mol. The summed E-state index contributed by atoms with van der Waals surface area (Å²) < 4.78 is 0. The molecule has 0 spiro atoms. The van der Waals surface area contributed by atoms with E-state index in [-0.39, 0.29) is 0 Å². The van der Waals surface area contributed by atoms with E-state index in [1.165, 1.54) is 32.2 Å². The van der Waals surface area contributed by atoms with Gasteiger partial charge in [-0.3, -0.25) is 4.79 Å². The monoisotopic (exact) mass is 195 g/mol. The standard InChI is InChI=1S/C12H21NO/c1-13(9-10-4-2-3-5-10)11-6-7-12(14)8-11/h10-11H,2-9H2,1H3. The molecule has 2 nitrogen and oxygen atoms in total. The molecule has 1 atom stereocenters. The molecular formula is C12H21NO. The van der Waals surface area contributed by atoms with E-state index in [9.17, 15) is 4.79 Å². The first-order chi connectivity index (χ1) is 6.75. The van der Waals surface area contributed by atoms with Crippen molar-refractivity contribution in [2.75, 3.05) is 13.6 Å². The largest absolute Gasteiger partial charge is 0.303 e. The molecule has 0 N–H and O–H groups in total. The van der Waals surface area contributed by atoms with Gasteiger partial charge in [-0.15, -0.1) is 0 Å². The molecule has 2 fully saturated rings. The zero-order valence-corrected chi connectivity index (χ0v) is 9.17. The van der Waals surface area contributed by atoms with Crippen LogP contribution < -0.4 is 0 Å². The molecule has 0 aromatic rings. The fourth-order valence-electron chi connectivity index (χ4n) is 2.92. The average molecular weight is 195 g/mol. The van der Waals surface area contributed by atoms with Gasteiger partial charge in [0.2, 0.25) is 0 Å². The van der Waals surface area contributed by atoms with E-state index in [1.54, 1.807) is 0 Å². The van der Waals surface area contributed by atoms with Crippen molar-refractivity contribution in [3.05, 3.63) is 0 Å². The molecule has 2 aliphatic carbocycles. The lowest BCUT2D eigenvalue weighted by molar-refractivity contribution is -0.117. The lowest BCUT2D eigenvalue weighted by atomic mass is 10.1. The topological polar surface area (TPSA) is 20.3 Å². The van der Waals surface area contributed by atoms with E-state index in [0.29, 0.717) is 11.8 Å². The lowest BCUT2D eigenvalue weighted by Gasteiger charge is -2.26. The van der Waals surface area contributed by atoms with E-state index in [2.05, 4.69) is 11.9 Å². The zero-order chi connectivity index (χ0) is 9.97. The molecule has 0 radical (unpaired) electrons. The van der Waals surface area contributed by atoms with Gasteiger partial charge in [-0.25, -0.2) is 0 Å². The normalized spacial score (nSPS) is 29.3. The Bertz CT molecular complexity index is 208. The Morgan fingerprint density at radius 3 is 2.57 bits per heavy atom. The van der Waals surface area contributed by atoms with E-state index in [4.69, 9.17) is 0 Å². The Hall–Kier alpha value is -0.370. The SMILES string of the molecule is CN(CC1CCCC1)C1CCC(=O)C1. The van der Waals surface area contributed by atoms with Crippen molar-refractivity contribution < 1.29 is 4.79 Å². The van der Waals surface area contributed by atoms with Crippen molar-refractivity contribution in [2.24, 2.45) is 5.92 Å². The third kappa shape index (κ3) is 2.35. The summed E-state index contributed by atoms with van der Waals surface area (Å²) in [7, 11) is 2.20. The van der Waals surface area contributed by atoms with Crippen molar-refractivity contribution in [2.45, 2.75) is 51.0 Å². The highest BCUT2D eigenvalue weighted by molar-refractivity contribution is 5.81. The van der Waals surface area contributed by atoms with Crippen LogP contribution in [0.2, 0.25) is 0 Å². The average Bonchev–Trinajstić information content (AvgIpc) is 2.75. The van der Waals surface area contributed by atoms with Crippen LogP contribution in [0, 0.1) is 5.92 Å². The second-order valence-electron chi connectivity index (χ2n) is 5.03. The molecule has 1 unspecified atom stereocenters. The Labute approximate surface area is 86.7 Å². The molecule has 2 aliphatic rings. The first-order valence-corrected chi connectivity index (χ1v) is 5.97. The molecule has 0 aromatic carbocycles. The summed E-state index contributed by atoms with van der Waals surface area (Å²) in [5.74, 6) is 1.38. The van der Waals surface area contributed by atoms with Gasteiger partial charge in [-0.2, -0.15) is 0 Å². The van der Waals surface area contributed by atoms with E-state index in [1.807, 2.05) is 0 Å². The molecule has 2 saturated carbocycles. The van der Waals surface area contributed by atoms with Crippen molar-refractivity contribution in [3.63, 3.8) is 0 Å². The van der Waals surface area contributed by atoms with Gasteiger partial charge in [0.25, 0.3) is 0 Å². The molecule has 0 aliphatic heterocycles. The maximum atomic E-state index is 11.2. The molecule has 2 heteroatoms. The van der Waals surface area contributed by atoms with Crippen molar-refractivity contribution in [1.29, 1.82) is 0 Å². The second-order valence-corrected chi connectivity index (χ2v) is 5.03. The van der Waals surface area contributed by atoms with E-state index >= 15 is 0 Å². The van der Waals surface area contributed by atoms with Crippen LogP contribution in [0.1, 0.15) is 44.9 Å². The van der Waals surface area contributed by atoms with Crippen LogP contribution in [-0.4, -0.2) is 30.3 Å². The Kier molecular flexibility index (Phi) is 3.22. The number of carbonyl (C=O) groups excluding carboxylic acids is 1. The molecule has 80 valence electrons. The number of hydrogen-bond acceptors (Lipinski definition) is 2.